The van der Waals surface area contributed by atoms with E-state index in [0.29, 0.717) is 0 Å². The van der Waals surface area contributed by atoms with Crippen molar-refractivity contribution in [3.8, 4) is 5.75 Å². The molecule has 0 aliphatic carbocycles. The van der Waals surface area contributed by atoms with E-state index in [4.69, 9.17) is 4.74 Å². The Morgan fingerprint density at radius 1 is 1.25 bits per heavy atom. The third-order valence-electron chi connectivity index (χ3n) is 2.46. The Morgan fingerprint density at radius 2 is 2.00 bits per heavy atom. The monoisotopic (exact) mass is 215 g/mol. The predicted octanol–water partition coefficient (Wildman–Crippen LogP) is 2.32. The van der Waals surface area contributed by atoms with Gasteiger partial charge in [0.15, 0.2) is 0 Å². The highest BCUT2D eigenvalue weighted by molar-refractivity contribution is 5.27. The summed E-state index contributed by atoms with van der Waals surface area (Å²) in [6, 6.07) is 10.0. The van der Waals surface area contributed by atoms with Crippen LogP contribution in [0.4, 0.5) is 0 Å². The number of hydrogen-bond donors (Lipinski definition) is 0. The first-order chi connectivity index (χ1) is 7.81. The smallest absolute Gasteiger partial charge is 0.118 e. The first-order valence-corrected chi connectivity index (χ1v) is 5.26. The van der Waals surface area contributed by atoms with E-state index in [9.17, 15) is 0 Å². The molecule has 16 heavy (non-hydrogen) atoms. The summed E-state index contributed by atoms with van der Waals surface area (Å²) in [4.78, 5) is 0. The van der Waals surface area contributed by atoms with E-state index in [0.717, 1.165) is 24.4 Å². The van der Waals surface area contributed by atoms with Gasteiger partial charge in [0.1, 0.15) is 5.75 Å². The van der Waals surface area contributed by atoms with Crippen molar-refractivity contribution in [1.82, 2.24) is 9.78 Å². The van der Waals surface area contributed by atoms with Crippen molar-refractivity contribution in [2.75, 3.05) is 7.11 Å². The highest BCUT2D eigenvalue weighted by Crippen LogP contribution is 2.12. The van der Waals surface area contributed by atoms with Crippen LogP contribution < -0.4 is 4.74 Å². The average Bonchev–Trinajstić information content (AvgIpc) is 2.78. The van der Waals surface area contributed by atoms with Gasteiger partial charge in [-0.1, -0.05) is 12.1 Å². The maximum absolute atomic E-state index is 5.11. The van der Waals surface area contributed by atoms with Crippen molar-refractivity contribution in [3.05, 3.63) is 54.7 Å². The summed E-state index contributed by atoms with van der Waals surface area (Å²) >= 11 is 0. The van der Waals surface area contributed by atoms with Gasteiger partial charge in [0.25, 0.3) is 0 Å². The molecule has 83 valence electrons. The van der Waals surface area contributed by atoms with Crippen molar-refractivity contribution in [2.24, 2.45) is 0 Å². The molecule has 0 atom stereocenters. The molecule has 0 bridgehead atoms. The van der Waals surface area contributed by atoms with Crippen LogP contribution in [0.3, 0.4) is 0 Å². The fraction of sp³-hybridized carbons (Fsp3) is 0.231. The average molecular weight is 215 g/mol. The third-order valence-corrected chi connectivity index (χ3v) is 2.46. The van der Waals surface area contributed by atoms with Gasteiger partial charge in [0, 0.05) is 6.20 Å². The molecule has 1 aromatic carbocycles. The molecule has 0 spiro atoms. The largest absolute Gasteiger partial charge is 0.497 e. The minimum absolute atomic E-state index is 0.732. The normalized spacial score (nSPS) is 10.4. The summed E-state index contributed by atoms with van der Waals surface area (Å²) in [6.07, 6.45) is 2.71. The van der Waals surface area contributed by atoms with Crippen molar-refractivity contribution in [2.45, 2.75) is 13.0 Å². The summed E-state index contributed by atoms with van der Waals surface area (Å²) in [5.41, 5.74) is 2.23. The predicted molar refractivity (Wildman–Crippen MR) is 63.4 cm³/mol. The van der Waals surface area contributed by atoms with Gasteiger partial charge in [-0.25, -0.2) is 0 Å². The lowest BCUT2D eigenvalue weighted by molar-refractivity contribution is 0.414. The molecule has 0 aliphatic rings. The van der Waals surface area contributed by atoms with Gasteiger partial charge in [-0.05, 0) is 37.1 Å². The summed E-state index contributed by atoms with van der Waals surface area (Å²) in [5, 5.41) is 4.39. The van der Waals surface area contributed by atoms with Crippen LogP contribution in [0.2, 0.25) is 0 Å². The second kappa shape index (κ2) is 4.84. The molecular formula is C13H15N2O. The molecule has 1 aromatic heterocycles. The SMILES string of the molecule is [CH2]Cc1ccn(Cc2ccc(OC)cc2)n1. The Balaban J connectivity index is 2.08. The number of aromatic nitrogens is 2. The van der Waals surface area contributed by atoms with Gasteiger partial charge in [0.2, 0.25) is 0 Å². The van der Waals surface area contributed by atoms with Gasteiger partial charge in [-0.3, -0.25) is 4.68 Å². The van der Waals surface area contributed by atoms with Crippen molar-refractivity contribution in [3.63, 3.8) is 0 Å². The molecule has 0 fully saturated rings. The summed E-state index contributed by atoms with van der Waals surface area (Å²) in [5.74, 6) is 0.877. The zero-order valence-electron chi connectivity index (χ0n) is 9.39. The molecule has 1 radical (unpaired) electrons. The van der Waals surface area contributed by atoms with Crippen LogP contribution in [-0.2, 0) is 13.0 Å². The van der Waals surface area contributed by atoms with Crippen LogP contribution in [0.1, 0.15) is 11.3 Å². The molecule has 0 saturated heterocycles. The molecule has 0 N–H and O–H groups in total. The maximum atomic E-state index is 5.11. The molecular weight excluding hydrogens is 200 g/mol. The molecule has 0 amide bonds. The first-order valence-electron chi connectivity index (χ1n) is 5.26. The van der Waals surface area contributed by atoms with Gasteiger partial charge < -0.3 is 4.74 Å². The molecule has 1 heterocycles. The molecule has 3 nitrogen and oxygen atoms in total. The number of nitrogens with zero attached hydrogens (tertiary/aromatic N) is 2. The Kier molecular flexibility index (Phi) is 3.25. The van der Waals surface area contributed by atoms with E-state index < -0.39 is 0 Å². The van der Waals surface area contributed by atoms with Crippen LogP contribution in [0, 0.1) is 6.92 Å². The van der Waals surface area contributed by atoms with E-state index >= 15 is 0 Å². The van der Waals surface area contributed by atoms with Gasteiger partial charge in [-0.2, -0.15) is 5.10 Å². The lowest BCUT2D eigenvalue weighted by Gasteiger charge is -2.03. The minimum atomic E-state index is 0.732. The lowest BCUT2D eigenvalue weighted by Crippen LogP contribution is -2.00. The molecule has 3 heteroatoms. The van der Waals surface area contributed by atoms with Crippen molar-refractivity contribution >= 4 is 0 Å². The van der Waals surface area contributed by atoms with E-state index in [-0.39, 0.29) is 0 Å². The van der Waals surface area contributed by atoms with Crippen molar-refractivity contribution < 1.29 is 4.74 Å². The molecule has 0 aliphatic heterocycles. The highest BCUT2D eigenvalue weighted by Gasteiger charge is 1.98. The molecule has 2 aromatic rings. The van der Waals surface area contributed by atoms with Crippen LogP contribution in [0.25, 0.3) is 0 Å². The minimum Gasteiger partial charge on any atom is -0.497 e. The number of ether oxygens (including phenoxy) is 1. The van der Waals surface area contributed by atoms with Crippen molar-refractivity contribution in [1.29, 1.82) is 0 Å². The fourth-order valence-corrected chi connectivity index (χ4v) is 1.54. The van der Waals surface area contributed by atoms with Gasteiger partial charge >= 0.3 is 0 Å². The summed E-state index contributed by atoms with van der Waals surface area (Å²) in [6.45, 7) is 4.59. The zero-order chi connectivity index (χ0) is 11.4. The second-order valence-electron chi connectivity index (χ2n) is 3.60. The molecule has 2 rings (SSSR count). The standard InChI is InChI=1S/C13H15N2O/c1-3-12-8-9-15(14-12)10-11-4-6-13(16-2)7-5-11/h4-9H,1,3,10H2,2H3. The second-order valence-corrected chi connectivity index (χ2v) is 3.60. The Bertz CT molecular complexity index is 445. The number of hydrogen-bond acceptors (Lipinski definition) is 2. The van der Waals surface area contributed by atoms with E-state index in [2.05, 4.69) is 12.0 Å². The maximum Gasteiger partial charge on any atom is 0.118 e. The molecule has 0 saturated carbocycles. The summed E-state index contributed by atoms with van der Waals surface area (Å²) in [7, 11) is 1.67. The number of benzene rings is 1. The van der Waals surface area contributed by atoms with Gasteiger partial charge in [-0.15, -0.1) is 0 Å². The number of rotatable bonds is 4. The van der Waals surface area contributed by atoms with Gasteiger partial charge in [0.05, 0.1) is 19.3 Å². The van der Waals surface area contributed by atoms with E-state index in [1.165, 1.54) is 5.56 Å². The van der Waals surface area contributed by atoms with Crippen LogP contribution >= 0.6 is 0 Å². The third kappa shape index (κ3) is 2.42. The van der Waals surface area contributed by atoms with Crippen LogP contribution in [0.15, 0.2) is 36.5 Å². The lowest BCUT2D eigenvalue weighted by atomic mass is 10.2. The van der Waals surface area contributed by atoms with E-state index in [1.54, 1.807) is 7.11 Å². The topological polar surface area (TPSA) is 27.1 Å². The number of methoxy groups -OCH3 is 1. The summed E-state index contributed by atoms with van der Waals surface area (Å²) < 4.78 is 7.03. The van der Waals surface area contributed by atoms with E-state index in [1.807, 2.05) is 41.2 Å². The molecule has 0 unspecified atom stereocenters. The quantitative estimate of drug-likeness (QED) is 0.782. The Hall–Kier alpha value is -1.77. The highest BCUT2D eigenvalue weighted by atomic mass is 16.5. The first kappa shape index (κ1) is 10.7. The van der Waals surface area contributed by atoms with Crippen LogP contribution in [-0.4, -0.2) is 16.9 Å². The Morgan fingerprint density at radius 3 is 2.56 bits per heavy atom. The zero-order valence-corrected chi connectivity index (χ0v) is 9.39. The fourth-order valence-electron chi connectivity index (χ4n) is 1.54. The Labute approximate surface area is 95.7 Å². The van der Waals surface area contributed by atoms with Crippen LogP contribution in [0.5, 0.6) is 5.75 Å².